The van der Waals surface area contributed by atoms with Crippen LogP contribution >= 0.6 is 24.0 Å². The Morgan fingerprint density at radius 3 is 2.73 bits per heavy atom. The zero-order chi connectivity index (χ0) is 18.6. The number of benzene rings is 1. The van der Waals surface area contributed by atoms with Crippen LogP contribution in [0.25, 0.3) is 0 Å². The van der Waals surface area contributed by atoms with E-state index in [9.17, 15) is 4.39 Å². The van der Waals surface area contributed by atoms with Gasteiger partial charge in [0.15, 0.2) is 5.60 Å². The van der Waals surface area contributed by atoms with Gasteiger partial charge in [-0.3, -0.25) is 4.98 Å². The van der Waals surface area contributed by atoms with Gasteiger partial charge in [0.2, 0.25) is 4.38 Å². The maximum absolute atomic E-state index is 13.8. The average molecular weight is 392 g/mol. The van der Waals surface area contributed by atoms with E-state index in [2.05, 4.69) is 4.98 Å². The van der Waals surface area contributed by atoms with Gasteiger partial charge in [-0.2, -0.15) is 0 Å². The number of thioether (sulfide) groups is 1. The lowest BCUT2D eigenvalue weighted by molar-refractivity contribution is -0.140. The standard InChI is InChI=1S/C20H22FNO2S2/c1-3-15-9-18(22-12-17(15)21)20(24-19(25)26-2)10-16(11-20)23-13-14-7-5-4-6-8-14/h4-9,12,16H,3,10-11,13H2,1-2H3. The third-order valence-electron chi connectivity index (χ3n) is 4.67. The number of aromatic nitrogens is 1. The summed E-state index contributed by atoms with van der Waals surface area (Å²) >= 11 is 6.66. The largest absolute Gasteiger partial charge is 0.465 e. The molecule has 1 saturated carbocycles. The molecule has 0 bridgehead atoms. The van der Waals surface area contributed by atoms with Crippen LogP contribution in [0.3, 0.4) is 0 Å². The van der Waals surface area contributed by atoms with Crippen LogP contribution in [-0.2, 0) is 28.1 Å². The number of thiocarbonyl (C=S) groups is 1. The molecule has 0 atom stereocenters. The van der Waals surface area contributed by atoms with Crippen molar-refractivity contribution < 1.29 is 13.9 Å². The summed E-state index contributed by atoms with van der Waals surface area (Å²) in [6, 6.07) is 11.9. The fourth-order valence-electron chi connectivity index (χ4n) is 3.13. The minimum absolute atomic E-state index is 0.0665. The quantitative estimate of drug-likeness (QED) is 0.645. The van der Waals surface area contributed by atoms with E-state index in [-0.39, 0.29) is 11.9 Å². The number of halogens is 1. The van der Waals surface area contributed by atoms with Crippen LogP contribution in [0.15, 0.2) is 42.6 Å². The summed E-state index contributed by atoms with van der Waals surface area (Å²) in [4.78, 5) is 4.30. The molecule has 0 amide bonds. The predicted octanol–water partition coefficient (Wildman–Crippen LogP) is 5.02. The molecule has 1 heterocycles. The molecule has 3 nitrogen and oxygen atoms in total. The van der Waals surface area contributed by atoms with E-state index >= 15 is 0 Å². The molecule has 1 aliphatic carbocycles. The second-order valence-electron chi connectivity index (χ2n) is 6.39. The van der Waals surface area contributed by atoms with Gasteiger partial charge in [-0.25, -0.2) is 4.39 Å². The van der Waals surface area contributed by atoms with Crippen molar-refractivity contribution in [2.24, 2.45) is 0 Å². The van der Waals surface area contributed by atoms with E-state index in [0.29, 0.717) is 35.8 Å². The average Bonchev–Trinajstić information content (AvgIpc) is 2.64. The first-order chi connectivity index (χ1) is 12.6. The van der Waals surface area contributed by atoms with Crippen molar-refractivity contribution in [2.45, 2.75) is 44.5 Å². The summed E-state index contributed by atoms with van der Waals surface area (Å²) in [5, 5.41) is 0. The molecule has 0 saturated heterocycles. The van der Waals surface area contributed by atoms with E-state index in [4.69, 9.17) is 21.7 Å². The van der Waals surface area contributed by atoms with Gasteiger partial charge >= 0.3 is 0 Å². The fraction of sp³-hybridized carbons (Fsp3) is 0.400. The smallest absolute Gasteiger partial charge is 0.220 e. The summed E-state index contributed by atoms with van der Waals surface area (Å²) in [7, 11) is 0. The summed E-state index contributed by atoms with van der Waals surface area (Å²) < 4.78 is 26.4. The van der Waals surface area contributed by atoms with Gasteiger partial charge in [-0.15, -0.1) is 0 Å². The van der Waals surface area contributed by atoms with Gasteiger partial charge in [0.05, 0.1) is 24.6 Å². The Kier molecular flexibility index (Phi) is 6.27. The zero-order valence-electron chi connectivity index (χ0n) is 14.9. The molecule has 0 radical (unpaired) electrons. The van der Waals surface area contributed by atoms with Crippen LogP contribution in [-0.4, -0.2) is 21.7 Å². The van der Waals surface area contributed by atoms with Crippen LogP contribution < -0.4 is 0 Å². The molecule has 1 fully saturated rings. The van der Waals surface area contributed by atoms with Gasteiger partial charge in [0.25, 0.3) is 0 Å². The fourth-order valence-corrected chi connectivity index (χ4v) is 3.53. The van der Waals surface area contributed by atoms with Gasteiger partial charge < -0.3 is 9.47 Å². The molecule has 26 heavy (non-hydrogen) atoms. The molecule has 1 aliphatic rings. The van der Waals surface area contributed by atoms with Gasteiger partial charge in [-0.1, -0.05) is 49.0 Å². The van der Waals surface area contributed by atoms with Gasteiger partial charge in [0.1, 0.15) is 5.82 Å². The van der Waals surface area contributed by atoms with Crippen LogP contribution in [0, 0.1) is 5.82 Å². The summed E-state index contributed by atoms with van der Waals surface area (Å²) in [5.74, 6) is -0.282. The van der Waals surface area contributed by atoms with Crippen LogP contribution in [0.2, 0.25) is 0 Å². The minimum Gasteiger partial charge on any atom is -0.465 e. The highest BCUT2D eigenvalue weighted by Crippen LogP contribution is 2.47. The monoisotopic (exact) mass is 391 g/mol. The van der Waals surface area contributed by atoms with E-state index in [1.165, 1.54) is 18.0 Å². The molecule has 6 heteroatoms. The maximum Gasteiger partial charge on any atom is 0.220 e. The highest BCUT2D eigenvalue weighted by atomic mass is 32.2. The predicted molar refractivity (Wildman–Crippen MR) is 107 cm³/mol. The lowest BCUT2D eigenvalue weighted by Gasteiger charge is -2.46. The number of pyridine rings is 1. The van der Waals surface area contributed by atoms with Crippen molar-refractivity contribution in [1.82, 2.24) is 4.98 Å². The Bertz CT molecular complexity index is 764. The molecule has 1 aromatic carbocycles. The third-order valence-corrected chi connectivity index (χ3v) is 5.67. The van der Waals surface area contributed by atoms with Gasteiger partial charge in [0, 0.05) is 12.8 Å². The van der Waals surface area contributed by atoms with Crippen molar-refractivity contribution in [3.05, 3.63) is 65.2 Å². The van der Waals surface area contributed by atoms with E-state index in [1.54, 1.807) is 6.07 Å². The highest BCUT2D eigenvalue weighted by molar-refractivity contribution is 8.22. The zero-order valence-corrected chi connectivity index (χ0v) is 16.5. The van der Waals surface area contributed by atoms with Crippen molar-refractivity contribution in [3.8, 4) is 0 Å². The SMILES string of the molecule is CCc1cc(C2(OC(=S)SC)CC(OCc3ccccc3)C2)ncc1F. The Balaban J connectivity index is 1.72. The van der Waals surface area contributed by atoms with Crippen molar-refractivity contribution in [1.29, 1.82) is 0 Å². The topological polar surface area (TPSA) is 31.4 Å². The minimum atomic E-state index is -0.626. The lowest BCUT2D eigenvalue weighted by atomic mass is 9.74. The first-order valence-electron chi connectivity index (χ1n) is 8.63. The molecule has 0 aliphatic heterocycles. The number of hydrogen-bond acceptors (Lipinski definition) is 5. The van der Waals surface area contributed by atoms with Crippen molar-refractivity contribution in [2.75, 3.05) is 6.26 Å². The molecule has 0 N–H and O–H groups in total. The maximum atomic E-state index is 13.8. The Labute approximate surface area is 163 Å². The second kappa shape index (κ2) is 8.46. The van der Waals surface area contributed by atoms with E-state index in [1.807, 2.05) is 43.5 Å². The van der Waals surface area contributed by atoms with E-state index < -0.39 is 5.60 Å². The number of aryl methyl sites for hydroxylation is 1. The molecule has 0 spiro atoms. The lowest BCUT2D eigenvalue weighted by Crippen LogP contribution is -2.49. The van der Waals surface area contributed by atoms with Crippen LogP contribution in [0.1, 0.15) is 36.6 Å². The summed E-state index contributed by atoms with van der Waals surface area (Å²) in [6.45, 7) is 2.49. The summed E-state index contributed by atoms with van der Waals surface area (Å²) in [6.07, 6.45) is 5.15. The number of hydrogen-bond donors (Lipinski definition) is 0. The number of nitrogens with zero attached hydrogens (tertiary/aromatic N) is 1. The van der Waals surface area contributed by atoms with Crippen LogP contribution in [0.4, 0.5) is 4.39 Å². The van der Waals surface area contributed by atoms with Crippen molar-refractivity contribution >= 4 is 28.4 Å². The molecular weight excluding hydrogens is 369 g/mol. The number of rotatable bonds is 6. The molecule has 3 rings (SSSR count). The molecular formula is C20H22FNO2S2. The third kappa shape index (κ3) is 4.24. The normalized spacial score (nSPS) is 21.9. The molecule has 0 unspecified atom stereocenters. The Hall–Kier alpha value is -1.50. The molecule has 2 aromatic rings. The molecule has 1 aromatic heterocycles. The first-order valence-corrected chi connectivity index (χ1v) is 10.3. The summed E-state index contributed by atoms with van der Waals surface area (Å²) in [5.41, 5.74) is 1.88. The van der Waals surface area contributed by atoms with Gasteiger partial charge in [-0.05, 0) is 42.1 Å². The molecule has 138 valence electrons. The highest BCUT2D eigenvalue weighted by Gasteiger charge is 2.50. The van der Waals surface area contributed by atoms with Crippen molar-refractivity contribution in [3.63, 3.8) is 0 Å². The number of ether oxygens (including phenoxy) is 2. The first kappa shape index (κ1) is 19.3. The Morgan fingerprint density at radius 1 is 1.35 bits per heavy atom. The second-order valence-corrected chi connectivity index (χ2v) is 7.80. The van der Waals surface area contributed by atoms with Crippen LogP contribution in [0.5, 0.6) is 0 Å². The van der Waals surface area contributed by atoms with E-state index in [0.717, 1.165) is 11.3 Å². The Morgan fingerprint density at radius 2 is 2.08 bits per heavy atom.